The summed E-state index contributed by atoms with van der Waals surface area (Å²) in [6.07, 6.45) is 29.7. The van der Waals surface area contributed by atoms with Gasteiger partial charge in [0.05, 0.1) is 13.2 Å². The van der Waals surface area contributed by atoms with E-state index in [2.05, 4.69) is 26.0 Å². The molecule has 0 atom stereocenters. The zero-order chi connectivity index (χ0) is 22.0. The van der Waals surface area contributed by atoms with Gasteiger partial charge in [0.1, 0.15) is 0 Å². The van der Waals surface area contributed by atoms with Crippen molar-refractivity contribution in [2.75, 3.05) is 13.2 Å². The van der Waals surface area contributed by atoms with Crippen molar-refractivity contribution in [1.29, 1.82) is 0 Å². The van der Waals surface area contributed by atoms with Crippen molar-refractivity contribution in [2.24, 2.45) is 0 Å². The van der Waals surface area contributed by atoms with Gasteiger partial charge >= 0.3 is 6.16 Å². The number of hydrogen-bond acceptors (Lipinski definition) is 3. The molecule has 178 valence electrons. The molecule has 0 N–H and O–H groups in total. The SMILES string of the molecule is CCCCCCCCCC/C=C\CCCCCCCCOC(=O)OCCCCCC. The van der Waals surface area contributed by atoms with E-state index in [0.717, 1.165) is 25.7 Å². The molecule has 0 aliphatic heterocycles. The Morgan fingerprint density at radius 3 is 1.27 bits per heavy atom. The molecule has 0 amide bonds. The summed E-state index contributed by atoms with van der Waals surface area (Å²) in [7, 11) is 0. The first-order chi connectivity index (χ1) is 14.8. The van der Waals surface area contributed by atoms with Crippen molar-refractivity contribution in [3.63, 3.8) is 0 Å². The normalized spacial score (nSPS) is 11.3. The Hall–Kier alpha value is -0.990. The Bertz CT molecular complexity index is 365. The van der Waals surface area contributed by atoms with Gasteiger partial charge in [0.25, 0.3) is 0 Å². The van der Waals surface area contributed by atoms with E-state index in [4.69, 9.17) is 9.47 Å². The highest BCUT2D eigenvalue weighted by atomic mass is 16.7. The van der Waals surface area contributed by atoms with Crippen molar-refractivity contribution in [2.45, 2.75) is 142 Å². The first kappa shape index (κ1) is 29.0. The van der Waals surface area contributed by atoms with Gasteiger partial charge in [0.2, 0.25) is 0 Å². The van der Waals surface area contributed by atoms with E-state index < -0.39 is 6.16 Å². The van der Waals surface area contributed by atoms with Gasteiger partial charge < -0.3 is 9.47 Å². The van der Waals surface area contributed by atoms with Gasteiger partial charge in [-0.25, -0.2) is 4.79 Å². The second-order valence-electron chi connectivity index (χ2n) is 8.65. The van der Waals surface area contributed by atoms with Crippen LogP contribution in [0.2, 0.25) is 0 Å². The van der Waals surface area contributed by atoms with Crippen LogP contribution in [0, 0.1) is 0 Å². The number of hydrogen-bond donors (Lipinski definition) is 0. The molecular weight excluding hydrogens is 372 g/mol. The average Bonchev–Trinajstić information content (AvgIpc) is 2.75. The standard InChI is InChI=1S/C27H52O3/c1-3-5-7-9-10-11-12-13-14-15-16-17-18-19-20-21-22-24-26-30-27(28)29-25-23-8-6-4-2/h15-16H,3-14,17-26H2,1-2H3/b16-15-. The minimum absolute atomic E-state index is 0.492. The second-order valence-corrected chi connectivity index (χ2v) is 8.65. The lowest BCUT2D eigenvalue weighted by Gasteiger charge is -2.06. The van der Waals surface area contributed by atoms with E-state index in [1.807, 2.05) is 0 Å². The van der Waals surface area contributed by atoms with Crippen LogP contribution in [0.15, 0.2) is 12.2 Å². The lowest BCUT2D eigenvalue weighted by Crippen LogP contribution is -2.09. The fourth-order valence-electron chi connectivity index (χ4n) is 3.58. The molecule has 0 aliphatic carbocycles. The molecule has 0 aromatic carbocycles. The third-order valence-electron chi connectivity index (χ3n) is 5.59. The number of ether oxygens (including phenoxy) is 2. The minimum atomic E-state index is -0.495. The van der Waals surface area contributed by atoms with Crippen molar-refractivity contribution < 1.29 is 14.3 Å². The highest BCUT2D eigenvalue weighted by Gasteiger charge is 2.02. The highest BCUT2D eigenvalue weighted by Crippen LogP contribution is 2.11. The van der Waals surface area contributed by atoms with Crippen molar-refractivity contribution in [1.82, 2.24) is 0 Å². The zero-order valence-corrected chi connectivity index (χ0v) is 20.4. The van der Waals surface area contributed by atoms with E-state index in [9.17, 15) is 4.79 Å². The summed E-state index contributed by atoms with van der Waals surface area (Å²) in [5.74, 6) is 0. The van der Waals surface area contributed by atoms with Crippen molar-refractivity contribution in [3.05, 3.63) is 12.2 Å². The summed E-state index contributed by atoms with van der Waals surface area (Å²) in [5.41, 5.74) is 0. The second kappa shape index (κ2) is 26.0. The minimum Gasteiger partial charge on any atom is -0.434 e. The highest BCUT2D eigenvalue weighted by molar-refractivity contribution is 5.59. The fraction of sp³-hybridized carbons (Fsp3) is 0.889. The van der Waals surface area contributed by atoms with Gasteiger partial charge in [-0.05, 0) is 38.5 Å². The monoisotopic (exact) mass is 424 g/mol. The Labute approximate surface area is 188 Å². The van der Waals surface area contributed by atoms with Crippen LogP contribution in [0.5, 0.6) is 0 Å². The predicted octanol–water partition coefficient (Wildman–Crippen LogP) is 9.54. The molecule has 0 aromatic rings. The third kappa shape index (κ3) is 25.0. The van der Waals surface area contributed by atoms with Gasteiger partial charge in [-0.2, -0.15) is 0 Å². The summed E-state index contributed by atoms with van der Waals surface area (Å²) >= 11 is 0. The smallest absolute Gasteiger partial charge is 0.434 e. The largest absolute Gasteiger partial charge is 0.508 e. The predicted molar refractivity (Wildman–Crippen MR) is 130 cm³/mol. The van der Waals surface area contributed by atoms with Gasteiger partial charge in [0.15, 0.2) is 0 Å². The average molecular weight is 425 g/mol. The van der Waals surface area contributed by atoms with Crippen LogP contribution in [0.4, 0.5) is 4.79 Å². The van der Waals surface area contributed by atoms with E-state index in [1.165, 1.54) is 103 Å². The first-order valence-corrected chi connectivity index (χ1v) is 13.3. The summed E-state index contributed by atoms with van der Waals surface area (Å²) < 4.78 is 10.2. The van der Waals surface area contributed by atoms with Crippen LogP contribution in [-0.4, -0.2) is 19.4 Å². The fourth-order valence-corrected chi connectivity index (χ4v) is 3.58. The van der Waals surface area contributed by atoms with Gasteiger partial charge in [0, 0.05) is 0 Å². The van der Waals surface area contributed by atoms with Crippen LogP contribution in [0.25, 0.3) is 0 Å². The molecule has 0 saturated heterocycles. The Balaban J connectivity index is 3.16. The molecule has 0 radical (unpaired) electrons. The van der Waals surface area contributed by atoms with Gasteiger partial charge in [-0.3, -0.25) is 0 Å². The van der Waals surface area contributed by atoms with Crippen LogP contribution in [0.3, 0.4) is 0 Å². The number of allylic oxidation sites excluding steroid dienone is 2. The topological polar surface area (TPSA) is 35.5 Å². The van der Waals surface area contributed by atoms with Crippen LogP contribution >= 0.6 is 0 Å². The number of carbonyl (C=O) groups excluding carboxylic acids is 1. The summed E-state index contributed by atoms with van der Waals surface area (Å²) in [4.78, 5) is 11.4. The molecule has 0 heterocycles. The van der Waals surface area contributed by atoms with Gasteiger partial charge in [-0.15, -0.1) is 0 Å². The molecule has 0 rings (SSSR count). The summed E-state index contributed by atoms with van der Waals surface area (Å²) in [5, 5.41) is 0. The van der Waals surface area contributed by atoms with Crippen LogP contribution < -0.4 is 0 Å². The summed E-state index contributed by atoms with van der Waals surface area (Å²) in [6.45, 7) is 5.44. The van der Waals surface area contributed by atoms with E-state index >= 15 is 0 Å². The first-order valence-electron chi connectivity index (χ1n) is 13.3. The molecule has 3 nitrogen and oxygen atoms in total. The maximum absolute atomic E-state index is 11.4. The van der Waals surface area contributed by atoms with Crippen molar-refractivity contribution in [3.8, 4) is 0 Å². The Morgan fingerprint density at radius 1 is 0.500 bits per heavy atom. The molecule has 0 aromatic heterocycles. The molecule has 0 saturated carbocycles. The van der Waals surface area contributed by atoms with E-state index in [1.54, 1.807) is 0 Å². The molecule has 0 fully saturated rings. The zero-order valence-electron chi connectivity index (χ0n) is 20.4. The van der Waals surface area contributed by atoms with Gasteiger partial charge in [-0.1, -0.05) is 116 Å². The molecule has 0 unspecified atom stereocenters. The third-order valence-corrected chi connectivity index (χ3v) is 5.59. The number of carbonyl (C=O) groups is 1. The molecular formula is C27H52O3. The molecule has 3 heteroatoms. The van der Waals surface area contributed by atoms with Crippen molar-refractivity contribution >= 4 is 6.16 Å². The lowest BCUT2D eigenvalue weighted by molar-refractivity contribution is 0.0529. The lowest BCUT2D eigenvalue weighted by atomic mass is 10.1. The maximum Gasteiger partial charge on any atom is 0.508 e. The number of unbranched alkanes of at least 4 members (excludes halogenated alkanes) is 17. The molecule has 0 aliphatic rings. The van der Waals surface area contributed by atoms with E-state index in [0.29, 0.717) is 13.2 Å². The maximum atomic E-state index is 11.4. The quantitative estimate of drug-likeness (QED) is 0.0930. The summed E-state index contributed by atoms with van der Waals surface area (Å²) in [6, 6.07) is 0. The number of rotatable bonds is 23. The van der Waals surface area contributed by atoms with E-state index in [-0.39, 0.29) is 0 Å². The van der Waals surface area contributed by atoms with Crippen LogP contribution in [0.1, 0.15) is 142 Å². The molecule has 0 spiro atoms. The molecule has 0 bridgehead atoms. The Kier molecular flexibility index (Phi) is 25.2. The Morgan fingerprint density at radius 2 is 0.833 bits per heavy atom. The molecule has 30 heavy (non-hydrogen) atoms. The van der Waals surface area contributed by atoms with Crippen LogP contribution in [-0.2, 0) is 9.47 Å².